The Bertz CT molecular complexity index is 520. The first-order valence-electron chi connectivity index (χ1n) is 8.00. The van der Waals surface area contributed by atoms with Crippen molar-refractivity contribution in [2.45, 2.75) is 31.7 Å². The van der Waals surface area contributed by atoms with Gasteiger partial charge >= 0.3 is 6.03 Å². The molecule has 0 atom stereocenters. The summed E-state index contributed by atoms with van der Waals surface area (Å²) in [7, 11) is 0. The number of urea groups is 1. The molecule has 0 unspecified atom stereocenters. The molecule has 118 valence electrons. The van der Waals surface area contributed by atoms with Gasteiger partial charge in [-0.1, -0.05) is 18.9 Å². The molecule has 2 heterocycles. The Kier molecular flexibility index (Phi) is 4.56. The molecular formula is C16H22N4O2. The first-order chi connectivity index (χ1) is 10.7. The fraction of sp³-hybridized carbons (Fsp3) is 0.562. The van der Waals surface area contributed by atoms with Crippen LogP contribution in [0, 0.1) is 0 Å². The molecule has 1 saturated heterocycles. The van der Waals surface area contributed by atoms with E-state index in [0.29, 0.717) is 37.9 Å². The van der Waals surface area contributed by atoms with Crippen LogP contribution in [0.1, 0.15) is 36.2 Å². The van der Waals surface area contributed by atoms with Gasteiger partial charge in [-0.3, -0.25) is 9.78 Å². The van der Waals surface area contributed by atoms with Gasteiger partial charge in [0, 0.05) is 38.4 Å². The van der Waals surface area contributed by atoms with Crippen molar-refractivity contribution in [1.82, 2.24) is 20.1 Å². The molecule has 1 aliphatic heterocycles. The van der Waals surface area contributed by atoms with E-state index >= 15 is 0 Å². The zero-order valence-electron chi connectivity index (χ0n) is 12.7. The van der Waals surface area contributed by atoms with Gasteiger partial charge in [0.25, 0.3) is 5.91 Å². The standard InChI is InChI=1S/C16H22N4O2/c21-15(14-7-3-4-8-17-14)19-9-11-20(12-10-19)16(22)18-13-5-1-2-6-13/h3-4,7-8,13H,1-2,5-6,9-12H2,(H,18,22). The summed E-state index contributed by atoms with van der Waals surface area (Å²) in [6.45, 7) is 2.29. The molecule has 3 rings (SSSR count). The molecule has 6 heteroatoms. The molecule has 0 bridgehead atoms. The van der Waals surface area contributed by atoms with E-state index in [1.807, 2.05) is 6.07 Å². The predicted molar refractivity (Wildman–Crippen MR) is 82.5 cm³/mol. The quantitative estimate of drug-likeness (QED) is 0.900. The monoisotopic (exact) mass is 302 g/mol. The second-order valence-electron chi connectivity index (χ2n) is 5.93. The van der Waals surface area contributed by atoms with Crippen LogP contribution in [-0.4, -0.2) is 58.9 Å². The molecule has 2 fully saturated rings. The summed E-state index contributed by atoms with van der Waals surface area (Å²) < 4.78 is 0. The van der Waals surface area contributed by atoms with E-state index in [0.717, 1.165) is 12.8 Å². The molecule has 6 nitrogen and oxygen atoms in total. The van der Waals surface area contributed by atoms with Gasteiger partial charge in [-0.2, -0.15) is 0 Å². The van der Waals surface area contributed by atoms with Gasteiger partial charge in [-0.15, -0.1) is 0 Å². The maximum Gasteiger partial charge on any atom is 0.317 e. The Morgan fingerprint density at radius 1 is 1.05 bits per heavy atom. The van der Waals surface area contributed by atoms with Crippen LogP contribution < -0.4 is 5.32 Å². The lowest BCUT2D eigenvalue weighted by atomic mass is 10.2. The van der Waals surface area contributed by atoms with Gasteiger partial charge in [-0.05, 0) is 25.0 Å². The van der Waals surface area contributed by atoms with Crippen molar-refractivity contribution in [2.75, 3.05) is 26.2 Å². The van der Waals surface area contributed by atoms with Crippen molar-refractivity contribution < 1.29 is 9.59 Å². The van der Waals surface area contributed by atoms with Crippen LogP contribution in [0.25, 0.3) is 0 Å². The number of aromatic nitrogens is 1. The Morgan fingerprint density at radius 3 is 2.36 bits per heavy atom. The van der Waals surface area contributed by atoms with Gasteiger partial charge in [0.1, 0.15) is 5.69 Å². The SMILES string of the molecule is O=C(NC1CCCC1)N1CCN(C(=O)c2ccccn2)CC1. The van der Waals surface area contributed by atoms with Crippen molar-refractivity contribution in [3.63, 3.8) is 0 Å². The highest BCUT2D eigenvalue weighted by molar-refractivity contribution is 5.92. The van der Waals surface area contributed by atoms with Crippen molar-refractivity contribution in [3.05, 3.63) is 30.1 Å². The van der Waals surface area contributed by atoms with Gasteiger partial charge in [-0.25, -0.2) is 4.79 Å². The average molecular weight is 302 g/mol. The van der Waals surface area contributed by atoms with E-state index in [1.165, 1.54) is 12.8 Å². The fourth-order valence-corrected chi connectivity index (χ4v) is 3.10. The third-order valence-electron chi connectivity index (χ3n) is 4.42. The number of nitrogens with zero attached hydrogens (tertiary/aromatic N) is 3. The summed E-state index contributed by atoms with van der Waals surface area (Å²) in [6, 6.07) is 5.67. The largest absolute Gasteiger partial charge is 0.335 e. The highest BCUT2D eigenvalue weighted by Gasteiger charge is 2.27. The summed E-state index contributed by atoms with van der Waals surface area (Å²) in [5.41, 5.74) is 0.464. The van der Waals surface area contributed by atoms with Gasteiger partial charge < -0.3 is 15.1 Å². The molecule has 1 saturated carbocycles. The first kappa shape index (κ1) is 14.8. The number of carbonyl (C=O) groups is 2. The third kappa shape index (κ3) is 3.37. The van der Waals surface area contributed by atoms with E-state index in [1.54, 1.807) is 28.1 Å². The summed E-state index contributed by atoms with van der Waals surface area (Å²) in [6.07, 6.45) is 6.21. The number of rotatable bonds is 2. The second-order valence-corrected chi connectivity index (χ2v) is 5.93. The Balaban J connectivity index is 1.49. The second kappa shape index (κ2) is 6.77. The molecule has 1 aliphatic carbocycles. The highest BCUT2D eigenvalue weighted by Crippen LogP contribution is 2.18. The number of hydrogen-bond donors (Lipinski definition) is 1. The van der Waals surface area contributed by atoms with Gasteiger partial charge in [0.05, 0.1) is 0 Å². The molecule has 22 heavy (non-hydrogen) atoms. The fourth-order valence-electron chi connectivity index (χ4n) is 3.10. The summed E-state index contributed by atoms with van der Waals surface area (Å²) in [5.74, 6) is -0.0588. The van der Waals surface area contributed by atoms with Crippen LogP contribution >= 0.6 is 0 Å². The highest BCUT2D eigenvalue weighted by atomic mass is 16.2. The molecule has 0 aromatic carbocycles. The topological polar surface area (TPSA) is 65.5 Å². The molecular weight excluding hydrogens is 280 g/mol. The van der Waals surface area contributed by atoms with Gasteiger partial charge in [0.15, 0.2) is 0 Å². The normalized spacial score (nSPS) is 19.3. The minimum absolute atomic E-state index is 0.0110. The van der Waals surface area contributed by atoms with Crippen LogP contribution in [0.15, 0.2) is 24.4 Å². The van der Waals surface area contributed by atoms with E-state index in [2.05, 4.69) is 10.3 Å². The molecule has 0 radical (unpaired) electrons. The lowest BCUT2D eigenvalue weighted by Crippen LogP contribution is -2.54. The van der Waals surface area contributed by atoms with Crippen molar-refractivity contribution in [2.24, 2.45) is 0 Å². The van der Waals surface area contributed by atoms with Gasteiger partial charge in [0.2, 0.25) is 0 Å². The Morgan fingerprint density at radius 2 is 1.73 bits per heavy atom. The summed E-state index contributed by atoms with van der Waals surface area (Å²) in [5, 5.41) is 3.10. The zero-order chi connectivity index (χ0) is 15.4. The van der Waals surface area contributed by atoms with E-state index in [4.69, 9.17) is 0 Å². The van der Waals surface area contributed by atoms with E-state index < -0.39 is 0 Å². The van der Waals surface area contributed by atoms with Crippen molar-refractivity contribution in [3.8, 4) is 0 Å². The number of nitrogens with one attached hydrogen (secondary N) is 1. The van der Waals surface area contributed by atoms with E-state index in [-0.39, 0.29) is 11.9 Å². The lowest BCUT2D eigenvalue weighted by Gasteiger charge is -2.35. The van der Waals surface area contributed by atoms with Crippen LogP contribution in [0.5, 0.6) is 0 Å². The summed E-state index contributed by atoms with van der Waals surface area (Å²) >= 11 is 0. The predicted octanol–water partition coefficient (Wildman–Crippen LogP) is 1.49. The number of carbonyl (C=O) groups excluding carboxylic acids is 2. The van der Waals surface area contributed by atoms with Crippen molar-refractivity contribution in [1.29, 1.82) is 0 Å². The zero-order valence-corrected chi connectivity index (χ0v) is 12.7. The maximum absolute atomic E-state index is 12.3. The Labute approximate surface area is 130 Å². The minimum atomic E-state index is -0.0588. The smallest absolute Gasteiger partial charge is 0.317 e. The third-order valence-corrected chi connectivity index (χ3v) is 4.42. The number of piperazine rings is 1. The number of amides is 3. The maximum atomic E-state index is 12.3. The molecule has 1 aromatic heterocycles. The van der Waals surface area contributed by atoms with Crippen LogP contribution in [0.4, 0.5) is 4.79 Å². The molecule has 1 aromatic rings. The van der Waals surface area contributed by atoms with E-state index in [9.17, 15) is 9.59 Å². The Hall–Kier alpha value is -2.11. The average Bonchev–Trinajstić information content (AvgIpc) is 3.08. The van der Waals surface area contributed by atoms with Crippen LogP contribution in [0.3, 0.4) is 0 Å². The number of pyridine rings is 1. The lowest BCUT2D eigenvalue weighted by molar-refractivity contribution is 0.0658. The summed E-state index contributed by atoms with van der Waals surface area (Å²) in [4.78, 5) is 32.2. The van der Waals surface area contributed by atoms with Crippen LogP contribution in [-0.2, 0) is 0 Å². The molecule has 3 amide bonds. The number of hydrogen-bond acceptors (Lipinski definition) is 3. The van der Waals surface area contributed by atoms with Crippen LogP contribution in [0.2, 0.25) is 0 Å². The minimum Gasteiger partial charge on any atom is -0.335 e. The molecule has 2 aliphatic rings. The van der Waals surface area contributed by atoms with Crippen molar-refractivity contribution >= 4 is 11.9 Å². The molecule has 0 spiro atoms. The first-order valence-corrected chi connectivity index (χ1v) is 8.00. The molecule has 1 N–H and O–H groups in total.